The van der Waals surface area contributed by atoms with E-state index in [9.17, 15) is 4.79 Å². The highest BCUT2D eigenvalue weighted by atomic mass is 79.9. The van der Waals surface area contributed by atoms with Gasteiger partial charge in [0.1, 0.15) is 0 Å². The Labute approximate surface area is 115 Å². The first kappa shape index (κ1) is 12.5. The van der Waals surface area contributed by atoms with Crippen molar-refractivity contribution in [1.82, 2.24) is 10.2 Å². The highest BCUT2D eigenvalue weighted by molar-refractivity contribution is 9.13. The summed E-state index contributed by atoms with van der Waals surface area (Å²) < 4.78 is 1.92. The molecule has 0 saturated carbocycles. The number of nitrogens with zero attached hydrogens (tertiary/aromatic N) is 1. The summed E-state index contributed by atoms with van der Waals surface area (Å²) in [4.78, 5) is 15.0. The van der Waals surface area contributed by atoms with Crippen molar-refractivity contribution in [3.63, 3.8) is 0 Å². The topological polar surface area (TPSA) is 32.3 Å². The molecule has 0 atom stereocenters. The van der Waals surface area contributed by atoms with E-state index in [0.717, 1.165) is 32.8 Å². The Kier molecular flexibility index (Phi) is 4.05. The molecule has 1 aromatic rings. The zero-order valence-electron chi connectivity index (χ0n) is 8.80. The number of carbonyl (C=O) groups is 1. The van der Waals surface area contributed by atoms with Crippen LogP contribution in [0.25, 0.3) is 0 Å². The number of rotatable bonds is 3. The van der Waals surface area contributed by atoms with Gasteiger partial charge in [-0.15, -0.1) is 11.3 Å². The number of nitrogens with one attached hydrogen (secondary N) is 1. The van der Waals surface area contributed by atoms with Gasteiger partial charge in [-0.3, -0.25) is 4.79 Å². The molecule has 0 bridgehead atoms. The molecule has 16 heavy (non-hydrogen) atoms. The number of thiophene rings is 1. The van der Waals surface area contributed by atoms with E-state index in [0.29, 0.717) is 6.04 Å². The van der Waals surface area contributed by atoms with Crippen molar-refractivity contribution in [3.8, 4) is 0 Å². The lowest BCUT2D eigenvalue weighted by Crippen LogP contribution is -2.58. The summed E-state index contributed by atoms with van der Waals surface area (Å²) >= 11 is 8.29. The largest absolute Gasteiger partial charge is 0.333 e. The molecule has 1 saturated heterocycles. The number of likely N-dealkylation sites (N-methyl/N-ethyl adjacent to an activating group) is 1. The highest BCUT2D eigenvalue weighted by Gasteiger charge is 2.28. The summed E-state index contributed by atoms with van der Waals surface area (Å²) in [5.74, 6) is 0.130. The minimum Gasteiger partial charge on any atom is -0.333 e. The van der Waals surface area contributed by atoms with Gasteiger partial charge in [-0.05, 0) is 44.8 Å². The fraction of sp³-hybridized carbons (Fsp3) is 0.500. The molecule has 1 fully saturated rings. The van der Waals surface area contributed by atoms with Crippen LogP contribution < -0.4 is 5.32 Å². The van der Waals surface area contributed by atoms with Crippen LogP contribution in [-0.4, -0.2) is 36.5 Å². The second kappa shape index (κ2) is 5.16. The molecule has 1 amide bonds. The minimum atomic E-state index is 0.130. The van der Waals surface area contributed by atoms with Crippen LogP contribution in [0.5, 0.6) is 0 Å². The van der Waals surface area contributed by atoms with Gasteiger partial charge in [0.25, 0.3) is 5.91 Å². The van der Waals surface area contributed by atoms with Gasteiger partial charge in [-0.25, -0.2) is 0 Å². The van der Waals surface area contributed by atoms with Crippen LogP contribution in [-0.2, 0) is 0 Å². The Hall–Kier alpha value is 0.0900. The Morgan fingerprint density at radius 3 is 2.69 bits per heavy atom. The SMILES string of the molecule is CCN(C(=O)c1cc(Br)c(Br)s1)C1CNC1. The monoisotopic (exact) mass is 366 g/mol. The molecule has 0 radical (unpaired) electrons. The normalized spacial score (nSPS) is 15.9. The molecule has 0 unspecified atom stereocenters. The van der Waals surface area contributed by atoms with Crippen LogP contribution in [0.2, 0.25) is 0 Å². The van der Waals surface area contributed by atoms with Crippen molar-refractivity contribution in [2.24, 2.45) is 0 Å². The molecule has 88 valence electrons. The van der Waals surface area contributed by atoms with Gasteiger partial charge in [0.2, 0.25) is 0 Å². The van der Waals surface area contributed by atoms with Gasteiger partial charge in [0.15, 0.2) is 0 Å². The molecule has 1 aromatic heterocycles. The summed E-state index contributed by atoms with van der Waals surface area (Å²) in [7, 11) is 0. The summed E-state index contributed by atoms with van der Waals surface area (Å²) in [6, 6.07) is 2.24. The van der Waals surface area contributed by atoms with E-state index in [1.165, 1.54) is 11.3 Å². The van der Waals surface area contributed by atoms with Crippen LogP contribution in [0.15, 0.2) is 14.3 Å². The predicted molar refractivity (Wildman–Crippen MR) is 73.1 cm³/mol. The molecular weight excluding hydrogens is 356 g/mol. The maximum absolute atomic E-state index is 12.2. The highest BCUT2D eigenvalue weighted by Crippen LogP contribution is 2.33. The van der Waals surface area contributed by atoms with Crippen molar-refractivity contribution in [2.45, 2.75) is 13.0 Å². The molecule has 3 nitrogen and oxygen atoms in total. The van der Waals surface area contributed by atoms with Crippen molar-refractivity contribution in [3.05, 3.63) is 19.2 Å². The minimum absolute atomic E-state index is 0.130. The third-order valence-electron chi connectivity index (χ3n) is 2.66. The van der Waals surface area contributed by atoms with Gasteiger partial charge >= 0.3 is 0 Å². The molecule has 2 rings (SSSR count). The quantitative estimate of drug-likeness (QED) is 0.890. The van der Waals surface area contributed by atoms with Crippen LogP contribution in [0.1, 0.15) is 16.6 Å². The number of amides is 1. The molecule has 1 aliphatic heterocycles. The van der Waals surface area contributed by atoms with Gasteiger partial charge < -0.3 is 10.2 Å². The zero-order valence-corrected chi connectivity index (χ0v) is 12.8. The summed E-state index contributed by atoms with van der Waals surface area (Å²) in [6.07, 6.45) is 0. The van der Waals surface area contributed by atoms with Crippen molar-refractivity contribution < 1.29 is 4.79 Å². The third-order valence-corrected chi connectivity index (χ3v) is 5.90. The molecule has 0 spiro atoms. The fourth-order valence-corrected chi connectivity index (χ4v) is 3.65. The molecule has 2 heterocycles. The molecule has 0 aromatic carbocycles. The van der Waals surface area contributed by atoms with Crippen molar-refractivity contribution >= 4 is 49.1 Å². The first-order chi connectivity index (χ1) is 7.63. The number of hydrogen-bond donors (Lipinski definition) is 1. The molecule has 6 heteroatoms. The maximum Gasteiger partial charge on any atom is 0.264 e. The number of hydrogen-bond acceptors (Lipinski definition) is 3. The lowest BCUT2D eigenvalue weighted by molar-refractivity contribution is 0.0635. The smallest absolute Gasteiger partial charge is 0.264 e. The van der Waals surface area contributed by atoms with Crippen molar-refractivity contribution in [2.75, 3.05) is 19.6 Å². The van der Waals surface area contributed by atoms with E-state index in [4.69, 9.17) is 0 Å². The van der Waals surface area contributed by atoms with E-state index in [-0.39, 0.29) is 5.91 Å². The van der Waals surface area contributed by atoms with Crippen molar-refractivity contribution in [1.29, 1.82) is 0 Å². The van der Waals surface area contributed by atoms with Crippen LogP contribution in [0.3, 0.4) is 0 Å². The predicted octanol–water partition coefficient (Wildman–Crippen LogP) is 2.71. The first-order valence-corrected chi connectivity index (χ1v) is 7.50. The Morgan fingerprint density at radius 2 is 2.31 bits per heavy atom. The van der Waals surface area contributed by atoms with Gasteiger partial charge in [0.05, 0.1) is 14.7 Å². The van der Waals surface area contributed by atoms with E-state index in [1.54, 1.807) is 0 Å². The Morgan fingerprint density at radius 1 is 1.62 bits per heavy atom. The third kappa shape index (κ3) is 2.34. The molecule has 1 N–H and O–H groups in total. The fourth-order valence-electron chi connectivity index (χ4n) is 1.65. The second-order valence-corrected chi connectivity index (χ2v) is 6.86. The van der Waals surface area contributed by atoms with Crippen LogP contribution in [0.4, 0.5) is 0 Å². The lowest BCUT2D eigenvalue weighted by Gasteiger charge is -2.37. The van der Waals surface area contributed by atoms with E-state index in [2.05, 4.69) is 37.2 Å². The summed E-state index contributed by atoms with van der Waals surface area (Å²) in [5, 5.41) is 3.19. The Bertz CT molecular complexity index is 384. The molecule has 1 aliphatic rings. The second-order valence-electron chi connectivity index (χ2n) is 3.64. The van der Waals surface area contributed by atoms with E-state index >= 15 is 0 Å². The molecule has 0 aliphatic carbocycles. The maximum atomic E-state index is 12.2. The average molecular weight is 368 g/mol. The van der Waals surface area contributed by atoms with Gasteiger partial charge in [-0.2, -0.15) is 0 Å². The van der Waals surface area contributed by atoms with E-state index < -0.39 is 0 Å². The first-order valence-electron chi connectivity index (χ1n) is 5.10. The Balaban J connectivity index is 2.15. The summed E-state index contributed by atoms with van der Waals surface area (Å²) in [5.41, 5.74) is 0. The van der Waals surface area contributed by atoms with Gasteiger partial charge in [-0.1, -0.05) is 0 Å². The average Bonchev–Trinajstić information content (AvgIpc) is 2.52. The van der Waals surface area contributed by atoms with Crippen LogP contribution >= 0.6 is 43.2 Å². The summed E-state index contributed by atoms with van der Waals surface area (Å²) in [6.45, 7) is 4.60. The van der Waals surface area contributed by atoms with E-state index in [1.807, 2.05) is 17.9 Å². The lowest BCUT2D eigenvalue weighted by atomic mass is 10.1. The standard InChI is InChI=1S/C10H12Br2N2OS/c1-2-14(6-4-13-5-6)10(15)8-3-7(11)9(12)16-8/h3,6,13H,2,4-5H2,1H3. The van der Waals surface area contributed by atoms with Gasteiger partial charge in [0, 0.05) is 24.1 Å². The molecular formula is C10H12Br2N2OS. The number of carbonyl (C=O) groups excluding carboxylic acids is 1. The zero-order chi connectivity index (χ0) is 11.7. The van der Waals surface area contributed by atoms with Crippen LogP contribution in [0, 0.1) is 0 Å². The number of halogens is 2.